The van der Waals surface area contributed by atoms with Gasteiger partial charge in [-0.1, -0.05) is 0 Å². The van der Waals surface area contributed by atoms with Gasteiger partial charge in [-0.15, -0.1) is 11.3 Å². The Morgan fingerprint density at radius 3 is 2.73 bits per heavy atom. The number of aromatic nitrogens is 3. The zero-order valence-electron chi connectivity index (χ0n) is 15.9. The third-order valence-corrected chi connectivity index (χ3v) is 6.17. The number of amides is 1. The minimum atomic E-state index is -0.185. The molecule has 1 atom stereocenters. The minimum absolute atomic E-state index is 0.0178. The molecule has 1 amide bonds. The van der Waals surface area contributed by atoms with Crippen molar-refractivity contribution >= 4 is 17.2 Å². The monoisotopic (exact) mass is 375 g/mol. The summed E-state index contributed by atoms with van der Waals surface area (Å²) in [6, 6.07) is 0.218. The van der Waals surface area contributed by atoms with Gasteiger partial charge in [-0.3, -0.25) is 9.59 Å². The van der Waals surface area contributed by atoms with E-state index in [1.807, 2.05) is 32.7 Å². The normalized spacial score (nSPS) is 17.1. The quantitative estimate of drug-likeness (QED) is 0.879. The van der Waals surface area contributed by atoms with Crippen LogP contribution < -0.4 is 10.9 Å². The van der Waals surface area contributed by atoms with Crippen LogP contribution in [0.15, 0.2) is 4.79 Å². The lowest BCUT2D eigenvalue weighted by Crippen LogP contribution is -2.40. The number of hydrogen-bond acceptors (Lipinski definition) is 6. The van der Waals surface area contributed by atoms with Gasteiger partial charge in [0.25, 0.3) is 11.5 Å². The molecule has 7 nitrogen and oxygen atoms in total. The van der Waals surface area contributed by atoms with Gasteiger partial charge in [0, 0.05) is 26.2 Å². The van der Waals surface area contributed by atoms with E-state index >= 15 is 0 Å². The first-order valence-corrected chi connectivity index (χ1v) is 9.64. The van der Waals surface area contributed by atoms with Gasteiger partial charge in [-0.2, -0.15) is 5.10 Å². The SMILES string of the molecule is CNCC1CCCN1C(=O)c1sc(-c2c(C)c(C)nn(C)c2=O)nc1C. The van der Waals surface area contributed by atoms with Crippen LogP contribution in [-0.4, -0.2) is 51.8 Å². The average molecular weight is 375 g/mol. The van der Waals surface area contributed by atoms with Crippen molar-refractivity contribution in [3.05, 3.63) is 32.2 Å². The molecule has 0 bridgehead atoms. The number of aryl methyl sites for hydroxylation is 3. The van der Waals surface area contributed by atoms with Gasteiger partial charge < -0.3 is 10.2 Å². The molecule has 1 aliphatic heterocycles. The van der Waals surface area contributed by atoms with E-state index in [0.29, 0.717) is 21.1 Å². The fourth-order valence-corrected chi connectivity index (χ4v) is 4.60. The van der Waals surface area contributed by atoms with Crippen molar-refractivity contribution in [1.29, 1.82) is 0 Å². The molecule has 0 aromatic carbocycles. The van der Waals surface area contributed by atoms with Crippen LogP contribution in [0.2, 0.25) is 0 Å². The zero-order valence-corrected chi connectivity index (χ0v) is 16.7. The number of thiazole rings is 1. The van der Waals surface area contributed by atoms with E-state index in [9.17, 15) is 9.59 Å². The predicted molar refractivity (Wildman–Crippen MR) is 103 cm³/mol. The first-order chi connectivity index (χ1) is 12.3. The van der Waals surface area contributed by atoms with Crippen LogP contribution in [0.5, 0.6) is 0 Å². The van der Waals surface area contributed by atoms with Gasteiger partial charge >= 0.3 is 0 Å². The number of carbonyl (C=O) groups excluding carboxylic acids is 1. The lowest BCUT2D eigenvalue weighted by molar-refractivity contribution is 0.0741. The van der Waals surface area contributed by atoms with Gasteiger partial charge in [0.15, 0.2) is 0 Å². The second-order valence-electron chi connectivity index (χ2n) is 6.80. The highest BCUT2D eigenvalue weighted by Crippen LogP contribution is 2.31. The Bertz CT molecular complexity index is 902. The topological polar surface area (TPSA) is 80.1 Å². The largest absolute Gasteiger partial charge is 0.334 e. The van der Waals surface area contributed by atoms with Crippen molar-refractivity contribution < 1.29 is 4.79 Å². The van der Waals surface area contributed by atoms with Crippen molar-refractivity contribution in [1.82, 2.24) is 25.0 Å². The van der Waals surface area contributed by atoms with Crippen molar-refractivity contribution in [2.75, 3.05) is 20.1 Å². The van der Waals surface area contributed by atoms with Crippen LogP contribution in [0.4, 0.5) is 0 Å². The second kappa shape index (κ2) is 7.28. The van der Waals surface area contributed by atoms with Crippen LogP contribution in [0.1, 0.15) is 39.5 Å². The lowest BCUT2D eigenvalue weighted by Gasteiger charge is -2.24. The van der Waals surface area contributed by atoms with E-state index < -0.39 is 0 Å². The van der Waals surface area contributed by atoms with Crippen molar-refractivity contribution in [2.24, 2.45) is 7.05 Å². The molecule has 1 fully saturated rings. The zero-order chi connectivity index (χ0) is 19.0. The third kappa shape index (κ3) is 3.19. The Kier molecular flexibility index (Phi) is 5.24. The fraction of sp³-hybridized carbons (Fsp3) is 0.556. The first kappa shape index (κ1) is 18.7. The molecule has 1 saturated heterocycles. The maximum Gasteiger partial charge on any atom is 0.277 e. The summed E-state index contributed by atoms with van der Waals surface area (Å²) >= 11 is 1.31. The summed E-state index contributed by atoms with van der Waals surface area (Å²) in [6.07, 6.45) is 2.03. The molecule has 3 heterocycles. The van der Waals surface area contributed by atoms with Gasteiger partial charge in [-0.05, 0) is 46.2 Å². The summed E-state index contributed by atoms with van der Waals surface area (Å²) in [7, 11) is 3.54. The Morgan fingerprint density at radius 2 is 2.04 bits per heavy atom. The molecule has 8 heteroatoms. The minimum Gasteiger partial charge on any atom is -0.334 e. The maximum absolute atomic E-state index is 13.1. The molecule has 1 N–H and O–H groups in total. The maximum atomic E-state index is 13.1. The lowest BCUT2D eigenvalue weighted by atomic mass is 10.1. The molecular weight excluding hydrogens is 350 g/mol. The van der Waals surface area contributed by atoms with E-state index in [2.05, 4.69) is 15.4 Å². The van der Waals surface area contributed by atoms with E-state index in [4.69, 9.17) is 0 Å². The molecule has 1 aliphatic rings. The summed E-state index contributed by atoms with van der Waals surface area (Å²) in [6.45, 7) is 7.15. The van der Waals surface area contributed by atoms with Crippen LogP contribution >= 0.6 is 11.3 Å². The van der Waals surface area contributed by atoms with E-state index in [-0.39, 0.29) is 17.5 Å². The summed E-state index contributed by atoms with van der Waals surface area (Å²) in [5.41, 5.74) is 2.64. The van der Waals surface area contributed by atoms with Crippen molar-refractivity contribution in [2.45, 2.75) is 39.7 Å². The first-order valence-electron chi connectivity index (χ1n) is 8.83. The third-order valence-electron chi connectivity index (χ3n) is 5.01. The van der Waals surface area contributed by atoms with E-state index in [0.717, 1.165) is 37.2 Å². The van der Waals surface area contributed by atoms with Crippen LogP contribution in [0, 0.1) is 20.8 Å². The second-order valence-corrected chi connectivity index (χ2v) is 7.80. The highest BCUT2D eigenvalue weighted by atomic mass is 32.1. The summed E-state index contributed by atoms with van der Waals surface area (Å²) < 4.78 is 1.33. The van der Waals surface area contributed by atoms with Gasteiger partial charge in [0.05, 0.1) is 17.0 Å². The highest BCUT2D eigenvalue weighted by molar-refractivity contribution is 7.17. The van der Waals surface area contributed by atoms with Crippen LogP contribution in [0.25, 0.3) is 10.6 Å². The molecule has 3 rings (SSSR count). The number of rotatable bonds is 4. The molecule has 2 aromatic heterocycles. The Balaban J connectivity index is 2.01. The molecule has 0 radical (unpaired) electrons. The number of likely N-dealkylation sites (tertiary alicyclic amines) is 1. The van der Waals surface area contributed by atoms with Gasteiger partial charge in [0.2, 0.25) is 0 Å². The number of likely N-dealkylation sites (N-methyl/N-ethyl adjacent to an activating group) is 1. The molecule has 2 aromatic rings. The molecule has 26 heavy (non-hydrogen) atoms. The molecule has 140 valence electrons. The summed E-state index contributed by atoms with van der Waals surface area (Å²) in [4.78, 5) is 32.8. The number of hydrogen-bond donors (Lipinski definition) is 1. The predicted octanol–water partition coefficient (Wildman–Crippen LogP) is 1.65. The number of nitrogens with zero attached hydrogens (tertiary/aromatic N) is 4. The van der Waals surface area contributed by atoms with Crippen LogP contribution in [0.3, 0.4) is 0 Å². The average Bonchev–Trinajstić information content (AvgIpc) is 3.20. The van der Waals surface area contributed by atoms with Gasteiger partial charge in [0.1, 0.15) is 9.88 Å². The van der Waals surface area contributed by atoms with Crippen molar-refractivity contribution in [3.8, 4) is 10.6 Å². The standard InChI is InChI=1S/C18H25N5O2S/c1-10-11(2)21-22(5)17(24)14(10)16-20-12(3)15(26-16)18(25)23-8-6-7-13(23)9-19-4/h13,19H,6-9H2,1-5H3. The summed E-state index contributed by atoms with van der Waals surface area (Å²) in [5.74, 6) is 0.0178. The Labute approximate surface area is 157 Å². The molecule has 0 aliphatic carbocycles. The summed E-state index contributed by atoms with van der Waals surface area (Å²) in [5, 5.41) is 7.97. The molecule has 0 spiro atoms. The Hall–Kier alpha value is -2.06. The smallest absolute Gasteiger partial charge is 0.277 e. The van der Waals surface area contributed by atoms with Crippen LogP contribution in [-0.2, 0) is 7.05 Å². The van der Waals surface area contributed by atoms with Crippen molar-refractivity contribution in [3.63, 3.8) is 0 Å². The number of carbonyl (C=O) groups is 1. The molecular formula is C18H25N5O2S. The van der Waals surface area contributed by atoms with E-state index in [1.54, 1.807) is 7.05 Å². The highest BCUT2D eigenvalue weighted by Gasteiger charge is 2.31. The van der Waals surface area contributed by atoms with Gasteiger partial charge in [-0.25, -0.2) is 9.67 Å². The molecule has 1 unspecified atom stereocenters. The fourth-order valence-electron chi connectivity index (χ4n) is 3.48. The number of nitrogens with one attached hydrogen (secondary N) is 1. The van der Waals surface area contributed by atoms with E-state index in [1.165, 1.54) is 16.0 Å². The Morgan fingerprint density at radius 1 is 1.31 bits per heavy atom. The molecule has 0 saturated carbocycles.